The molecule has 1 amide bonds. The lowest BCUT2D eigenvalue weighted by atomic mass is 10.2. The molecule has 3 aromatic rings. The normalized spacial score (nSPS) is 10.8. The Morgan fingerprint density at radius 1 is 1.23 bits per heavy atom. The zero-order chi connectivity index (χ0) is 18.7. The van der Waals surface area contributed by atoms with Crippen LogP contribution in [0.1, 0.15) is 29.3 Å². The Kier molecular flexibility index (Phi) is 5.18. The molecule has 0 spiro atoms. The van der Waals surface area contributed by atoms with E-state index in [0.717, 1.165) is 21.8 Å². The number of benzene rings is 1. The van der Waals surface area contributed by atoms with Crippen LogP contribution in [0.25, 0.3) is 10.4 Å². The summed E-state index contributed by atoms with van der Waals surface area (Å²) in [6.07, 6.45) is 1.73. The molecular weight excluding hydrogens is 346 g/mol. The largest absolute Gasteiger partial charge is 0.399 e. The quantitative estimate of drug-likeness (QED) is 0.593. The van der Waals surface area contributed by atoms with Gasteiger partial charge in [0.15, 0.2) is 5.01 Å². The summed E-state index contributed by atoms with van der Waals surface area (Å²) in [7, 11) is 0. The number of amides is 1. The van der Waals surface area contributed by atoms with Crippen LogP contribution in [-0.4, -0.2) is 21.9 Å². The molecule has 2 heterocycles. The van der Waals surface area contributed by atoms with Gasteiger partial charge in [0, 0.05) is 23.6 Å². The Morgan fingerprint density at radius 3 is 2.77 bits per heavy atom. The van der Waals surface area contributed by atoms with Gasteiger partial charge < -0.3 is 16.4 Å². The number of carbonyl (C=O) groups is 1. The van der Waals surface area contributed by atoms with Crippen LogP contribution in [0.5, 0.6) is 0 Å². The van der Waals surface area contributed by atoms with Crippen molar-refractivity contribution in [3.63, 3.8) is 0 Å². The number of aromatic nitrogens is 2. The standard InChI is InChI=1S/C19H21N5OS/c1-11(2)22-18(25)19-23-12(3)17(26-19)13-7-8-21-16(9-13)24-15-6-4-5-14(20)10-15/h4-11H,20H2,1-3H3,(H,21,24)(H,22,25). The van der Waals surface area contributed by atoms with Gasteiger partial charge in [-0.15, -0.1) is 11.3 Å². The molecule has 0 atom stereocenters. The van der Waals surface area contributed by atoms with Crippen LogP contribution in [0.15, 0.2) is 42.6 Å². The van der Waals surface area contributed by atoms with Crippen LogP contribution in [0.4, 0.5) is 17.2 Å². The second-order valence-corrected chi connectivity index (χ2v) is 7.24. The summed E-state index contributed by atoms with van der Waals surface area (Å²) >= 11 is 1.38. The number of nitrogens with zero attached hydrogens (tertiary/aromatic N) is 2. The first-order valence-corrected chi connectivity index (χ1v) is 9.11. The monoisotopic (exact) mass is 367 g/mol. The van der Waals surface area contributed by atoms with Gasteiger partial charge in [-0.1, -0.05) is 6.07 Å². The molecule has 0 aliphatic rings. The zero-order valence-corrected chi connectivity index (χ0v) is 15.7. The van der Waals surface area contributed by atoms with Crippen LogP contribution in [0, 0.1) is 6.92 Å². The lowest BCUT2D eigenvalue weighted by Gasteiger charge is -2.07. The molecule has 0 aliphatic carbocycles. The molecule has 4 N–H and O–H groups in total. The minimum absolute atomic E-state index is 0.0743. The van der Waals surface area contributed by atoms with E-state index < -0.39 is 0 Å². The molecule has 1 aromatic carbocycles. The van der Waals surface area contributed by atoms with Crippen LogP contribution < -0.4 is 16.4 Å². The summed E-state index contributed by atoms with van der Waals surface area (Å²) in [5.74, 6) is 0.556. The molecule has 6 nitrogen and oxygen atoms in total. The molecule has 0 aliphatic heterocycles. The van der Waals surface area contributed by atoms with E-state index in [0.29, 0.717) is 16.5 Å². The lowest BCUT2D eigenvalue weighted by Crippen LogP contribution is -2.29. The number of hydrogen-bond acceptors (Lipinski definition) is 6. The highest BCUT2D eigenvalue weighted by atomic mass is 32.1. The first kappa shape index (κ1) is 17.9. The van der Waals surface area contributed by atoms with E-state index in [1.54, 1.807) is 6.20 Å². The first-order valence-electron chi connectivity index (χ1n) is 8.29. The summed E-state index contributed by atoms with van der Waals surface area (Å²) in [4.78, 5) is 21.9. The average Bonchev–Trinajstić information content (AvgIpc) is 2.96. The number of nitrogens with two attached hydrogens (primary N) is 1. The third-order valence-corrected chi connectivity index (χ3v) is 4.80. The van der Waals surface area contributed by atoms with Crippen LogP contribution >= 0.6 is 11.3 Å². The van der Waals surface area contributed by atoms with Crippen molar-refractivity contribution >= 4 is 34.4 Å². The van der Waals surface area contributed by atoms with E-state index in [-0.39, 0.29) is 11.9 Å². The van der Waals surface area contributed by atoms with Gasteiger partial charge in [0.25, 0.3) is 5.91 Å². The van der Waals surface area contributed by atoms with Gasteiger partial charge in [-0.25, -0.2) is 9.97 Å². The Bertz CT molecular complexity index is 935. The number of nitrogen functional groups attached to an aromatic ring is 1. The Labute approximate surface area is 156 Å². The number of hydrogen-bond donors (Lipinski definition) is 3. The van der Waals surface area contributed by atoms with E-state index in [1.807, 2.05) is 57.2 Å². The van der Waals surface area contributed by atoms with Crippen molar-refractivity contribution in [2.75, 3.05) is 11.1 Å². The smallest absolute Gasteiger partial charge is 0.280 e. The van der Waals surface area contributed by atoms with Gasteiger partial charge in [-0.05, 0) is 56.7 Å². The van der Waals surface area contributed by atoms with Crippen LogP contribution in [-0.2, 0) is 0 Å². The third-order valence-electron chi connectivity index (χ3n) is 3.59. The topological polar surface area (TPSA) is 92.9 Å². The van der Waals surface area contributed by atoms with Gasteiger partial charge in [0.2, 0.25) is 0 Å². The van der Waals surface area contributed by atoms with Gasteiger partial charge in [-0.3, -0.25) is 4.79 Å². The predicted molar refractivity (Wildman–Crippen MR) is 107 cm³/mol. The fourth-order valence-corrected chi connectivity index (χ4v) is 3.46. The highest BCUT2D eigenvalue weighted by molar-refractivity contribution is 7.17. The molecule has 0 unspecified atom stereocenters. The van der Waals surface area contributed by atoms with E-state index in [9.17, 15) is 4.79 Å². The van der Waals surface area contributed by atoms with Crippen molar-refractivity contribution in [1.29, 1.82) is 0 Å². The molecule has 26 heavy (non-hydrogen) atoms. The fourth-order valence-electron chi connectivity index (χ4n) is 2.49. The number of carbonyl (C=O) groups excluding carboxylic acids is 1. The van der Waals surface area contributed by atoms with Crippen molar-refractivity contribution in [2.24, 2.45) is 0 Å². The fraction of sp³-hybridized carbons (Fsp3) is 0.211. The summed E-state index contributed by atoms with van der Waals surface area (Å²) in [5, 5.41) is 6.58. The molecule has 0 radical (unpaired) electrons. The zero-order valence-electron chi connectivity index (χ0n) is 14.9. The highest BCUT2D eigenvalue weighted by Gasteiger charge is 2.16. The van der Waals surface area contributed by atoms with Crippen molar-refractivity contribution < 1.29 is 4.79 Å². The number of aryl methyl sites for hydroxylation is 1. The molecule has 134 valence electrons. The van der Waals surface area contributed by atoms with Gasteiger partial charge in [-0.2, -0.15) is 0 Å². The van der Waals surface area contributed by atoms with E-state index in [4.69, 9.17) is 5.73 Å². The van der Waals surface area contributed by atoms with Crippen molar-refractivity contribution in [3.8, 4) is 10.4 Å². The lowest BCUT2D eigenvalue weighted by molar-refractivity contribution is 0.0942. The Balaban J connectivity index is 1.86. The number of rotatable bonds is 5. The van der Waals surface area contributed by atoms with Crippen LogP contribution in [0.3, 0.4) is 0 Å². The van der Waals surface area contributed by atoms with E-state index >= 15 is 0 Å². The minimum Gasteiger partial charge on any atom is -0.399 e. The molecule has 0 fully saturated rings. The minimum atomic E-state index is -0.147. The second kappa shape index (κ2) is 7.53. The molecule has 0 bridgehead atoms. The maximum absolute atomic E-state index is 12.2. The van der Waals surface area contributed by atoms with Gasteiger partial charge in [0.05, 0.1) is 10.6 Å². The maximum Gasteiger partial charge on any atom is 0.280 e. The summed E-state index contributed by atoms with van der Waals surface area (Å²) in [6, 6.07) is 11.4. The SMILES string of the molecule is Cc1nc(C(=O)NC(C)C)sc1-c1ccnc(Nc2cccc(N)c2)c1. The second-order valence-electron chi connectivity index (χ2n) is 6.24. The highest BCUT2D eigenvalue weighted by Crippen LogP contribution is 2.31. The Hall–Kier alpha value is -2.93. The van der Waals surface area contributed by atoms with E-state index in [1.165, 1.54) is 11.3 Å². The van der Waals surface area contributed by atoms with Crippen LogP contribution in [0.2, 0.25) is 0 Å². The summed E-state index contributed by atoms with van der Waals surface area (Å²) < 4.78 is 0. The number of anilines is 3. The summed E-state index contributed by atoms with van der Waals surface area (Å²) in [6.45, 7) is 5.76. The molecule has 0 saturated heterocycles. The van der Waals surface area contributed by atoms with Crippen molar-refractivity contribution in [2.45, 2.75) is 26.8 Å². The molecule has 7 heteroatoms. The van der Waals surface area contributed by atoms with Crippen molar-refractivity contribution in [3.05, 3.63) is 53.3 Å². The average molecular weight is 367 g/mol. The molecule has 0 saturated carbocycles. The van der Waals surface area contributed by atoms with Crippen molar-refractivity contribution in [1.82, 2.24) is 15.3 Å². The predicted octanol–water partition coefficient (Wildman–Crippen LogP) is 3.98. The molecular formula is C19H21N5OS. The maximum atomic E-state index is 12.2. The summed E-state index contributed by atoms with van der Waals surface area (Å²) in [5.41, 5.74) is 9.15. The number of nitrogens with one attached hydrogen (secondary N) is 2. The van der Waals surface area contributed by atoms with Gasteiger partial charge >= 0.3 is 0 Å². The Morgan fingerprint density at radius 2 is 2.04 bits per heavy atom. The molecule has 2 aromatic heterocycles. The number of pyridine rings is 1. The third kappa shape index (κ3) is 4.18. The molecule has 3 rings (SSSR count). The van der Waals surface area contributed by atoms with E-state index in [2.05, 4.69) is 20.6 Å². The first-order chi connectivity index (χ1) is 12.4. The van der Waals surface area contributed by atoms with Gasteiger partial charge in [0.1, 0.15) is 5.82 Å². The number of thiazole rings is 1.